The van der Waals surface area contributed by atoms with Gasteiger partial charge in [-0.1, -0.05) is 15.9 Å². The molecule has 0 fully saturated rings. The van der Waals surface area contributed by atoms with Crippen LogP contribution in [0.1, 0.15) is 6.92 Å². The van der Waals surface area contributed by atoms with Crippen LogP contribution >= 0.6 is 15.9 Å². The smallest absolute Gasteiger partial charge is 0.219 e. The van der Waals surface area contributed by atoms with Crippen LogP contribution in [0.15, 0.2) is 47.2 Å². The minimum absolute atomic E-state index is 0.0132. The lowest BCUT2D eigenvalue weighted by atomic mass is 10.2. The van der Waals surface area contributed by atoms with Gasteiger partial charge in [0.25, 0.3) is 0 Å². The molecule has 0 atom stereocenters. The van der Waals surface area contributed by atoms with Crippen LogP contribution in [-0.4, -0.2) is 41.0 Å². The maximum absolute atomic E-state index is 14.1. The molecule has 0 radical (unpaired) electrons. The number of rotatable bonds is 6. The predicted octanol–water partition coefficient (Wildman–Crippen LogP) is 4.13. The third-order valence-electron chi connectivity index (χ3n) is 4.03. The van der Waals surface area contributed by atoms with Gasteiger partial charge in [0.15, 0.2) is 0 Å². The third kappa shape index (κ3) is 4.71. The molecule has 140 valence electrons. The first-order valence-corrected chi connectivity index (χ1v) is 9.04. The summed E-state index contributed by atoms with van der Waals surface area (Å²) in [6.45, 7) is 2.38. The van der Waals surface area contributed by atoms with Crippen molar-refractivity contribution >= 4 is 44.2 Å². The number of nitrogens with zero attached hydrogens (tertiary/aromatic N) is 3. The van der Waals surface area contributed by atoms with Crippen LogP contribution in [0.3, 0.4) is 0 Å². The van der Waals surface area contributed by atoms with E-state index in [1.807, 2.05) is 6.07 Å². The monoisotopic (exact) mass is 432 g/mol. The number of ether oxygens (including phenoxy) is 1. The van der Waals surface area contributed by atoms with E-state index in [4.69, 9.17) is 4.74 Å². The molecule has 0 spiro atoms. The van der Waals surface area contributed by atoms with Crippen molar-refractivity contribution in [1.82, 2.24) is 14.9 Å². The molecule has 8 heteroatoms. The van der Waals surface area contributed by atoms with Crippen LogP contribution in [0.25, 0.3) is 10.9 Å². The Morgan fingerprint density at radius 2 is 2.07 bits per heavy atom. The molecular weight excluding hydrogens is 415 g/mol. The number of hydrogen-bond donors (Lipinski definition) is 1. The Labute approximate surface area is 164 Å². The van der Waals surface area contributed by atoms with Gasteiger partial charge >= 0.3 is 0 Å². The Morgan fingerprint density at radius 1 is 1.26 bits per heavy atom. The van der Waals surface area contributed by atoms with Gasteiger partial charge in [0.2, 0.25) is 5.91 Å². The highest BCUT2D eigenvalue weighted by Crippen LogP contribution is 2.28. The van der Waals surface area contributed by atoms with Gasteiger partial charge in [-0.3, -0.25) is 4.79 Å². The summed E-state index contributed by atoms with van der Waals surface area (Å²) in [4.78, 5) is 21.3. The second kappa shape index (κ2) is 8.30. The first kappa shape index (κ1) is 19.0. The van der Waals surface area contributed by atoms with E-state index in [9.17, 15) is 9.18 Å². The highest BCUT2D eigenvalue weighted by atomic mass is 79.9. The Balaban J connectivity index is 1.77. The van der Waals surface area contributed by atoms with Crippen molar-refractivity contribution in [3.63, 3.8) is 0 Å². The number of fused-ring (bicyclic) bond motifs is 1. The van der Waals surface area contributed by atoms with Gasteiger partial charge in [-0.05, 0) is 30.3 Å². The Kier molecular flexibility index (Phi) is 5.85. The van der Waals surface area contributed by atoms with Gasteiger partial charge in [-0.25, -0.2) is 14.4 Å². The van der Waals surface area contributed by atoms with Crippen LogP contribution in [-0.2, 0) is 4.79 Å². The van der Waals surface area contributed by atoms with Crippen LogP contribution in [0.4, 0.5) is 15.9 Å². The molecule has 1 aromatic heterocycles. The van der Waals surface area contributed by atoms with Crippen LogP contribution in [0.5, 0.6) is 5.75 Å². The Morgan fingerprint density at radius 3 is 2.81 bits per heavy atom. The molecule has 0 bridgehead atoms. The standard InChI is InChI=1S/C19H18BrFN4O2/c1-12(26)25(2)7-8-27-14-4-5-15-18(10-14)22-11-23-19(15)24-17-6-3-13(20)9-16(17)21/h3-6,9-11H,7-8H2,1-2H3,(H,22,23,24). The minimum atomic E-state index is -0.384. The molecule has 6 nitrogen and oxygen atoms in total. The van der Waals surface area contributed by atoms with E-state index in [1.165, 1.54) is 19.3 Å². The minimum Gasteiger partial charge on any atom is -0.492 e. The summed E-state index contributed by atoms with van der Waals surface area (Å²) in [5.41, 5.74) is 0.994. The maximum atomic E-state index is 14.1. The fourth-order valence-corrected chi connectivity index (χ4v) is 2.74. The van der Waals surface area contributed by atoms with E-state index >= 15 is 0 Å². The van der Waals surface area contributed by atoms with Crippen molar-refractivity contribution in [3.8, 4) is 5.75 Å². The number of likely N-dealkylation sites (N-methyl/N-ethyl adjacent to an activating group) is 1. The first-order valence-electron chi connectivity index (χ1n) is 8.25. The molecule has 0 saturated carbocycles. The lowest BCUT2D eigenvalue weighted by Crippen LogP contribution is -2.28. The number of hydrogen-bond acceptors (Lipinski definition) is 5. The summed E-state index contributed by atoms with van der Waals surface area (Å²) < 4.78 is 20.4. The zero-order valence-electron chi connectivity index (χ0n) is 14.9. The maximum Gasteiger partial charge on any atom is 0.219 e. The number of nitrogens with one attached hydrogen (secondary N) is 1. The highest BCUT2D eigenvalue weighted by Gasteiger charge is 2.09. The van der Waals surface area contributed by atoms with Crippen molar-refractivity contribution < 1.29 is 13.9 Å². The molecule has 3 aromatic rings. The number of anilines is 2. The van der Waals surface area contributed by atoms with Crippen molar-refractivity contribution in [2.75, 3.05) is 25.5 Å². The molecule has 3 rings (SSSR count). The number of aromatic nitrogens is 2. The second-order valence-corrected chi connectivity index (χ2v) is 6.86. The average Bonchev–Trinajstić information content (AvgIpc) is 2.63. The van der Waals surface area contributed by atoms with E-state index in [-0.39, 0.29) is 11.7 Å². The van der Waals surface area contributed by atoms with E-state index in [2.05, 4.69) is 31.2 Å². The molecule has 27 heavy (non-hydrogen) atoms. The van der Waals surface area contributed by atoms with Crippen LogP contribution in [0.2, 0.25) is 0 Å². The topological polar surface area (TPSA) is 67.3 Å². The van der Waals surface area contributed by atoms with Gasteiger partial charge in [-0.2, -0.15) is 0 Å². The summed E-state index contributed by atoms with van der Waals surface area (Å²) in [6.07, 6.45) is 1.41. The third-order valence-corrected chi connectivity index (χ3v) is 4.52. The number of carbonyl (C=O) groups excluding carboxylic acids is 1. The fraction of sp³-hybridized carbons (Fsp3) is 0.211. The van der Waals surface area contributed by atoms with Crippen molar-refractivity contribution in [1.29, 1.82) is 0 Å². The van der Waals surface area contributed by atoms with Crippen molar-refractivity contribution in [2.24, 2.45) is 0 Å². The average molecular weight is 433 g/mol. The summed E-state index contributed by atoms with van der Waals surface area (Å²) in [5, 5.41) is 3.74. The van der Waals surface area contributed by atoms with Gasteiger partial charge in [0, 0.05) is 29.9 Å². The normalized spacial score (nSPS) is 10.7. The number of carbonyl (C=O) groups is 1. The molecule has 2 aromatic carbocycles. The van der Waals surface area contributed by atoms with Gasteiger partial charge in [0.1, 0.15) is 30.3 Å². The molecule has 0 saturated heterocycles. The van der Waals surface area contributed by atoms with E-state index in [0.717, 1.165) is 5.39 Å². The Bertz CT molecular complexity index is 983. The fourth-order valence-electron chi connectivity index (χ4n) is 2.40. The SMILES string of the molecule is CC(=O)N(C)CCOc1ccc2c(Nc3ccc(Br)cc3F)ncnc2c1. The molecule has 1 heterocycles. The van der Waals surface area contributed by atoms with Gasteiger partial charge in [-0.15, -0.1) is 0 Å². The van der Waals surface area contributed by atoms with Crippen molar-refractivity contribution in [3.05, 3.63) is 53.0 Å². The summed E-state index contributed by atoms with van der Waals surface area (Å²) in [5.74, 6) is 0.745. The predicted molar refractivity (Wildman–Crippen MR) is 106 cm³/mol. The molecule has 0 aliphatic carbocycles. The number of amides is 1. The van der Waals surface area contributed by atoms with Gasteiger partial charge in [0.05, 0.1) is 17.7 Å². The largest absolute Gasteiger partial charge is 0.492 e. The highest BCUT2D eigenvalue weighted by molar-refractivity contribution is 9.10. The molecule has 0 unspecified atom stereocenters. The molecule has 0 aliphatic rings. The quantitative estimate of drug-likeness (QED) is 0.633. The number of benzene rings is 2. The van der Waals surface area contributed by atoms with Crippen molar-refractivity contribution in [2.45, 2.75) is 6.92 Å². The molecule has 1 N–H and O–H groups in total. The van der Waals surface area contributed by atoms with Gasteiger partial charge < -0.3 is 15.0 Å². The zero-order valence-corrected chi connectivity index (χ0v) is 16.5. The van der Waals surface area contributed by atoms with Crippen LogP contribution < -0.4 is 10.1 Å². The lowest BCUT2D eigenvalue weighted by Gasteiger charge is -2.15. The number of halogens is 2. The van der Waals surface area contributed by atoms with E-state index < -0.39 is 0 Å². The zero-order chi connectivity index (χ0) is 19.4. The summed E-state index contributed by atoms with van der Waals surface area (Å²) in [6, 6.07) is 10.2. The van der Waals surface area contributed by atoms with Crippen LogP contribution in [0, 0.1) is 5.82 Å². The second-order valence-electron chi connectivity index (χ2n) is 5.94. The summed E-state index contributed by atoms with van der Waals surface area (Å²) >= 11 is 3.24. The lowest BCUT2D eigenvalue weighted by molar-refractivity contribution is -0.127. The molecule has 1 amide bonds. The first-order chi connectivity index (χ1) is 12.9. The van der Waals surface area contributed by atoms with E-state index in [1.54, 1.807) is 36.2 Å². The Hall–Kier alpha value is -2.74. The molecule has 0 aliphatic heterocycles. The summed E-state index contributed by atoms with van der Waals surface area (Å²) in [7, 11) is 1.72. The molecular formula is C19H18BrFN4O2. The van der Waals surface area contributed by atoms with E-state index in [0.29, 0.717) is 40.4 Å².